The minimum absolute atomic E-state index is 0.233. The van der Waals surface area contributed by atoms with Crippen molar-refractivity contribution in [3.63, 3.8) is 0 Å². The minimum atomic E-state index is -0.399. The number of methoxy groups -OCH3 is 1. The molecule has 0 aliphatic heterocycles. The van der Waals surface area contributed by atoms with E-state index in [0.717, 1.165) is 0 Å². The third kappa shape index (κ3) is 3.92. The Kier molecular flexibility index (Phi) is 5.09. The van der Waals surface area contributed by atoms with Gasteiger partial charge in [-0.1, -0.05) is 0 Å². The van der Waals surface area contributed by atoms with Gasteiger partial charge >= 0.3 is 5.97 Å². The van der Waals surface area contributed by atoms with Gasteiger partial charge in [0.25, 0.3) is 0 Å². The van der Waals surface area contributed by atoms with Crippen molar-refractivity contribution < 1.29 is 19.0 Å². The maximum Gasteiger partial charge on any atom is 0.338 e. The molecule has 6 nitrogen and oxygen atoms in total. The second-order valence-electron chi connectivity index (χ2n) is 4.07. The summed E-state index contributed by atoms with van der Waals surface area (Å²) in [5.41, 5.74) is 1.09. The zero-order chi connectivity index (χ0) is 15.1. The first-order chi connectivity index (χ1) is 10.2. The molecule has 0 saturated carbocycles. The maximum atomic E-state index is 11.7. The third-order valence-corrected chi connectivity index (χ3v) is 2.67. The van der Waals surface area contributed by atoms with Crippen molar-refractivity contribution in [3.8, 4) is 11.5 Å². The number of carbonyl (C=O) groups excluding carboxylic acids is 1. The van der Waals surface area contributed by atoms with Gasteiger partial charge in [-0.2, -0.15) is 0 Å². The van der Waals surface area contributed by atoms with Gasteiger partial charge in [0.15, 0.2) is 11.5 Å². The number of benzene rings is 1. The first kappa shape index (κ1) is 14.8. The van der Waals surface area contributed by atoms with Gasteiger partial charge < -0.3 is 14.2 Å². The van der Waals surface area contributed by atoms with E-state index in [1.807, 2.05) is 0 Å². The Bertz CT molecular complexity index is 602. The standard InChI is InChI=1S/C15H16N2O4/c1-3-20-15(18)11-4-5-13(19-2)14(8-11)21-10-12-9-16-6-7-17-12/h4-9H,3,10H2,1-2H3. The van der Waals surface area contributed by atoms with Gasteiger partial charge in [0, 0.05) is 12.4 Å². The lowest BCUT2D eigenvalue weighted by atomic mass is 10.2. The normalized spacial score (nSPS) is 10.0. The van der Waals surface area contributed by atoms with Crippen LogP contribution in [0.25, 0.3) is 0 Å². The van der Waals surface area contributed by atoms with Crippen molar-refractivity contribution in [2.45, 2.75) is 13.5 Å². The van der Waals surface area contributed by atoms with E-state index in [1.54, 1.807) is 43.7 Å². The monoisotopic (exact) mass is 288 g/mol. The summed E-state index contributed by atoms with van der Waals surface area (Å²) < 4.78 is 15.8. The van der Waals surface area contributed by atoms with Crippen LogP contribution in [0.2, 0.25) is 0 Å². The van der Waals surface area contributed by atoms with Crippen LogP contribution in [-0.2, 0) is 11.3 Å². The zero-order valence-corrected chi connectivity index (χ0v) is 11.9. The number of aromatic nitrogens is 2. The molecule has 0 saturated heterocycles. The van der Waals surface area contributed by atoms with Crippen molar-refractivity contribution in [1.82, 2.24) is 9.97 Å². The highest BCUT2D eigenvalue weighted by molar-refractivity contribution is 5.90. The second kappa shape index (κ2) is 7.23. The molecule has 0 bridgehead atoms. The van der Waals surface area contributed by atoms with Crippen LogP contribution in [0.4, 0.5) is 0 Å². The molecular weight excluding hydrogens is 272 g/mol. The summed E-state index contributed by atoms with van der Waals surface area (Å²) in [7, 11) is 1.54. The summed E-state index contributed by atoms with van der Waals surface area (Å²) >= 11 is 0. The van der Waals surface area contributed by atoms with Crippen molar-refractivity contribution in [3.05, 3.63) is 48.0 Å². The Morgan fingerprint density at radius 3 is 2.76 bits per heavy atom. The van der Waals surface area contributed by atoms with Crippen LogP contribution in [-0.4, -0.2) is 29.7 Å². The molecule has 0 N–H and O–H groups in total. The molecule has 0 unspecified atom stereocenters. The molecule has 0 aliphatic carbocycles. The van der Waals surface area contributed by atoms with Crippen LogP contribution < -0.4 is 9.47 Å². The van der Waals surface area contributed by atoms with Gasteiger partial charge in [0.05, 0.1) is 31.2 Å². The van der Waals surface area contributed by atoms with Crippen LogP contribution in [0.3, 0.4) is 0 Å². The van der Waals surface area contributed by atoms with Crippen LogP contribution in [0, 0.1) is 0 Å². The molecule has 1 aromatic heterocycles. The molecule has 110 valence electrons. The molecule has 0 amide bonds. The minimum Gasteiger partial charge on any atom is -0.493 e. The van der Waals surface area contributed by atoms with Gasteiger partial charge in [0.1, 0.15) is 6.61 Å². The lowest BCUT2D eigenvalue weighted by Crippen LogP contribution is -2.06. The van der Waals surface area contributed by atoms with Gasteiger partial charge in [-0.3, -0.25) is 9.97 Å². The SMILES string of the molecule is CCOC(=O)c1ccc(OC)c(OCc2cnccn2)c1. The quantitative estimate of drug-likeness (QED) is 0.759. The van der Waals surface area contributed by atoms with E-state index < -0.39 is 5.97 Å². The summed E-state index contributed by atoms with van der Waals surface area (Å²) in [6, 6.07) is 4.89. The Balaban J connectivity index is 2.16. The lowest BCUT2D eigenvalue weighted by molar-refractivity contribution is 0.0525. The van der Waals surface area contributed by atoms with Crippen LogP contribution >= 0.6 is 0 Å². The number of esters is 1. The Labute approximate surface area is 122 Å². The van der Waals surface area contributed by atoms with Crippen molar-refractivity contribution in [2.75, 3.05) is 13.7 Å². The molecule has 1 aromatic carbocycles. The molecule has 0 aliphatic rings. The van der Waals surface area contributed by atoms with Crippen LogP contribution in [0.5, 0.6) is 11.5 Å². The highest BCUT2D eigenvalue weighted by Gasteiger charge is 2.12. The fourth-order valence-corrected chi connectivity index (χ4v) is 1.69. The fourth-order valence-electron chi connectivity index (χ4n) is 1.69. The van der Waals surface area contributed by atoms with Gasteiger partial charge in [0.2, 0.25) is 0 Å². The average molecular weight is 288 g/mol. The van der Waals surface area contributed by atoms with Crippen molar-refractivity contribution in [1.29, 1.82) is 0 Å². The van der Waals surface area contributed by atoms with E-state index in [2.05, 4.69) is 9.97 Å². The van der Waals surface area contributed by atoms with E-state index >= 15 is 0 Å². The molecule has 2 rings (SSSR count). The predicted molar refractivity (Wildman–Crippen MR) is 75.3 cm³/mol. The maximum absolute atomic E-state index is 11.7. The fraction of sp³-hybridized carbons (Fsp3) is 0.267. The number of rotatable bonds is 6. The third-order valence-electron chi connectivity index (χ3n) is 2.67. The highest BCUT2D eigenvalue weighted by atomic mass is 16.5. The molecule has 1 heterocycles. The van der Waals surface area contributed by atoms with Crippen molar-refractivity contribution in [2.24, 2.45) is 0 Å². The van der Waals surface area contributed by atoms with Gasteiger partial charge in [-0.15, -0.1) is 0 Å². The molecule has 0 atom stereocenters. The Morgan fingerprint density at radius 1 is 1.24 bits per heavy atom. The number of hydrogen-bond acceptors (Lipinski definition) is 6. The molecule has 21 heavy (non-hydrogen) atoms. The summed E-state index contributed by atoms with van der Waals surface area (Å²) in [5.74, 6) is 0.588. The first-order valence-electron chi connectivity index (χ1n) is 6.47. The summed E-state index contributed by atoms with van der Waals surface area (Å²) in [6.45, 7) is 2.31. The Hall–Kier alpha value is -2.63. The number of carbonyl (C=O) groups is 1. The number of ether oxygens (including phenoxy) is 3. The van der Waals surface area contributed by atoms with E-state index in [4.69, 9.17) is 14.2 Å². The molecule has 2 aromatic rings. The highest BCUT2D eigenvalue weighted by Crippen LogP contribution is 2.29. The predicted octanol–water partition coefficient (Wildman–Crippen LogP) is 2.24. The average Bonchev–Trinajstić information content (AvgIpc) is 2.54. The van der Waals surface area contributed by atoms with E-state index in [-0.39, 0.29) is 6.61 Å². The smallest absolute Gasteiger partial charge is 0.338 e. The molecule has 0 radical (unpaired) electrons. The van der Waals surface area contributed by atoms with Crippen LogP contribution in [0.15, 0.2) is 36.8 Å². The summed E-state index contributed by atoms with van der Waals surface area (Å²) in [5, 5.41) is 0. The number of nitrogens with zero attached hydrogens (tertiary/aromatic N) is 2. The summed E-state index contributed by atoms with van der Waals surface area (Å²) in [6.07, 6.45) is 4.79. The topological polar surface area (TPSA) is 70.5 Å². The molecule has 6 heteroatoms. The van der Waals surface area contributed by atoms with E-state index in [0.29, 0.717) is 29.4 Å². The van der Waals surface area contributed by atoms with E-state index in [1.165, 1.54) is 7.11 Å². The van der Waals surface area contributed by atoms with Gasteiger partial charge in [-0.05, 0) is 25.1 Å². The summed E-state index contributed by atoms with van der Waals surface area (Å²) in [4.78, 5) is 19.8. The van der Waals surface area contributed by atoms with Gasteiger partial charge in [-0.25, -0.2) is 4.79 Å². The second-order valence-corrected chi connectivity index (χ2v) is 4.07. The molecule has 0 fully saturated rings. The largest absolute Gasteiger partial charge is 0.493 e. The molecule has 0 spiro atoms. The lowest BCUT2D eigenvalue weighted by Gasteiger charge is -2.11. The first-order valence-corrected chi connectivity index (χ1v) is 6.47. The van der Waals surface area contributed by atoms with Crippen LogP contribution in [0.1, 0.15) is 23.0 Å². The molecular formula is C15H16N2O4. The Morgan fingerprint density at radius 2 is 2.10 bits per heavy atom. The van der Waals surface area contributed by atoms with Crippen molar-refractivity contribution >= 4 is 5.97 Å². The zero-order valence-electron chi connectivity index (χ0n) is 11.9. The number of hydrogen-bond donors (Lipinski definition) is 0. The van der Waals surface area contributed by atoms with E-state index in [9.17, 15) is 4.79 Å².